The second-order valence-corrected chi connectivity index (χ2v) is 9.90. The Kier molecular flexibility index (Phi) is 8.45. The highest BCUT2D eigenvalue weighted by atomic mass is 35.5. The van der Waals surface area contributed by atoms with Crippen LogP contribution < -0.4 is 9.64 Å². The van der Waals surface area contributed by atoms with Crippen molar-refractivity contribution in [3.63, 3.8) is 0 Å². The molecule has 3 aromatic carbocycles. The molecule has 2 heterocycles. The van der Waals surface area contributed by atoms with Crippen molar-refractivity contribution in [2.75, 3.05) is 50.8 Å². The number of alkyl halides is 3. The molecule has 11 heteroatoms. The number of hydrogen-bond acceptors (Lipinski definition) is 4. The number of halogens is 4. The van der Waals surface area contributed by atoms with Crippen LogP contribution in [0.2, 0.25) is 5.02 Å². The van der Waals surface area contributed by atoms with E-state index in [1.54, 1.807) is 42.5 Å². The Morgan fingerprint density at radius 2 is 1.65 bits per heavy atom. The van der Waals surface area contributed by atoms with E-state index in [2.05, 4.69) is 15.0 Å². The summed E-state index contributed by atoms with van der Waals surface area (Å²) in [5.74, 6) is 1.59. The zero-order valence-electron chi connectivity index (χ0n) is 21.5. The molecule has 0 saturated carbocycles. The van der Waals surface area contributed by atoms with Gasteiger partial charge in [-0.2, -0.15) is 19.7 Å². The molecule has 0 aromatic heterocycles. The quantitative estimate of drug-likeness (QED) is 0.239. The molecule has 2 aliphatic heterocycles. The van der Waals surface area contributed by atoms with Crippen LogP contribution in [0.5, 0.6) is 11.5 Å². The van der Waals surface area contributed by atoms with Gasteiger partial charge in [-0.05, 0) is 66.2 Å². The molecule has 0 spiro atoms. The molecule has 208 valence electrons. The average Bonchev–Trinajstić information content (AvgIpc) is 3.32. The van der Waals surface area contributed by atoms with Gasteiger partial charge in [0.25, 0.3) is 5.96 Å². The maximum atomic E-state index is 13.6. The molecule has 3 aromatic rings. The van der Waals surface area contributed by atoms with Gasteiger partial charge in [-0.1, -0.05) is 23.7 Å². The summed E-state index contributed by atoms with van der Waals surface area (Å²) < 4.78 is 52.1. The van der Waals surface area contributed by atoms with Crippen LogP contribution in [-0.4, -0.2) is 61.7 Å². The number of nitrogens with zero attached hydrogens (tertiary/aromatic N) is 5. The van der Waals surface area contributed by atoms with Gasteiger partial charge in [0.05, 0.1) is 24.8 Å². The fourth-order valence-electron chi connectivity index (χ4n) is 4.88. The van der Waals surface area contributed by atoms with E-state index in [0.717, 1.165) is 25.7 Å². The van der Waals surface area contributed by atoms with Gasteiger partial charge < -0.3 is 14.4 Å². The highest BCUT2D eigenvalue weighted by Crippen LogP contribution is 2.38. The minimum absolute atomic E-state index is 0.378. The zero-order chi connectivity index (χ0) is 28.1. The topological polar surface area (TPSA) is 44.9 Å². The molecule has 5 rings (SSSR count). The molecule has 2 aliphatic rings. The summed E-state index contributed by atoms with van der Waals surface area (Å²) in [5, 5.41) is 4.72. The molecule has 7 nitrogen and oxygen atoms in total. The van der Waals surface area contributed by atoms with Gasteiger partial charge in [0.1, 0.15) is 16.6 Å². The predicted molar refractivity (Wildman–Crippen MR) is 148 cm³/mol. The molecule has 2 fully saturated rings. The summed E-state index contributed by atoms with van der Waals surface area (Å²) in [6, 6.07) is 19.0. The summed E-state index contributed by atoms with van der Waals surface area (Å²) in [7, 11) is 0. The molecule has 0 N–H and O–H groups in total. The minimum Gasteiger partial charge on any atom is -0.457 e. The summed E-state index contributed by atoms with van der Waals surface area (Å²) in [6.45, 7) is 12.1. The predicted octanol–water partition coefficient (Wildman–Crippen LogP) is 6.54. The molecule has 0 aliphatic carbocycles. The smallest absolute Gasteiger partial charge is 0.416 e. The molecular weight excluding hydrogens is 543 g/mol. The first-order valence-electron chi connectivity index (χ1n) is 12.8. The van der Waals surface area contributed by atoms with Crippen molar-refractivity contribution in [3.8, 4) is 11.5 Å². The van der Waals surface area contributed by atoms with E-state index in [0.29, 0.717) is 60.0 Å². The van der Waals surface area contributed by atoms with Gasteiger partial charge in [0, 0.05) is 43.4 Å². The van der Waals surface area contributed by atoms with Crippen LogP contribution in [0.3, 0.4) is 0 Å². The second-order valence-electron chi connectivity index (χ2n) is 9.46. The maximum Gasteiger partial charge on any atom is 0.416 e. The Balaban J connectivity index is 1.46. The van der Waals surface area contributed by atoms with E-state index in [9.17, 15) is 13.2 Å². The molecule has 0 bridgehead atoms. The van der Waals surface area contributed by atoms with E-state index in [1.807, 2.05) is 21.9 Å². The molecule has 0 amide bonds. The highest BCUT2D eigenvalue weighted by molar-refractivity contribution is 6.30. The molecule has 40 heavy (non-hydrogen) atoms. The van der Waals surface area contributed by atoms with Gasteiger partial charge >= 0.3 is 6.18 Å². The van der Waals surface area contributed by atoms with Crippen molar-refractivity contribution in [1.29, 1.82) is 0 Å². The first-order chi connectivity index (χ1) is 19.3. The van der Waals surface area contributed by atoms with Crippen LogP contribution in [-0.2, 0) is 10.9 Å². The van der Waals surface area contributed by atoms with Crippen molar-refractivity contribution in [3.05, 3.63) is 100 Å². The fraction of sp³-hybridized carbons (Fsp3) is 0.310. The summed E-state index contributed by atoms with van der Waals surface area (Å²) in [5.41, 5.74) is 0.456. The number of benzene rings is 3. The van der Waals surface area contributed by atoms with Crippen molar-refractivity contribution in [2.24, 2.45) is 5.10 Å². The van der Waals surface area contributed by atoms with Crippen LogP contribution in [0.15, 0.2) is 77.9 Å². The van der Waals surface area contributed by atoms with Crippen LogP contribution in [0.25, 0.3) is 4.95 Å². The van der Waals surface area contributed by atoms with Gasteiger partial charge in [-0.15, -0.1) is 4.95 Å². The lowest BCUT2D eigenvalue weighted by molar-refractivity contribution is -0.137. The van der Waals surface area contributed by atoms with Crippen LogP contribution in [0, 0.1) is 6.57 Å². The third kappa shape index (κ3) is 6.50. The number of hydrogen-bond donors (Lipinski definition) is 0. The Bertz CT molecular complexity index is 1370. The van der Waals surface area contributed by atoms with Gasteiger partial charge in [0.2, 0.25) is 0 Å². The van der Waals surface area contributed by atoms with Crippen molar-refractivity contribution < 1.29 is 22.6 Å². The van der Waals surface area contributed by atoms with E-state index < -0.39 is 17.8 Å². The lowest BCUT2D eigenvalue weighted by Gasteiger charge is -2.28. The Labute approximate surface area is 235 Å². The lowest BCUT2D eigenvalue weighted by atomic mass is 10.0. The van der Waals surface area contributed by atoms with Gasteiger partial charge in [0.15, 0.2) is 0 Å². The summed E-state index contributed by atoms with van der Waals surface area (Å²) >= 11 is 5.96. The van der Waals surface area contributed by atoms with Crippen LogP contribution >= 0.6 is 11.6 Å². The van der Waals surface area contributed by atoms with Crippen LogP contribution in [0.1, 0.15) is 17.2 Å². The minimum atomic E-state index is -4.47. The largest absolute Gasteiger partial charge is 0.457 e. The standard InChI is InChI=1S/C29H27ClF3N5O2/c1-34-35-28-37(14-13-36-15-17-39-18-16-36)20-27(21-3-2-4-22(19-21)29(31,32)33)38(28)24-7-11-26(12-8-24)40-25-9-5-23(30)6-10-25/h2-12,19,27H,13-18,20H2. The van der Waals surface area contributed by atoms with Gasteiger partial charge in [-0.25, -0.2) is 0 Å². The third-order valence-electron chi connectivity index (χ3n) is 6.90. The normalized spacial score (nSPS) is 19.2. The summed E-state index contributed by atoms with van der Waals surface area (Å²) in [6.07, 6.45) is -4.47. The molecular formula is C29H27ClF3N5O2. The first kappa shape index (κ1) is 27.8. The number of morpholine rings is 1. The van der Waals surface area contributed by atoms with E-state index in [1.165, 1.54) is 12.1 Å². The number of anilines is 1. The van der Waals surface area contributed by atoms with E-state index in [-0.39, 0.29) is 0 Å². The monoisotopic (exact) mass is 569 g/mol. The number of ether oxygens (including phenoxy) is 2. The first-order valence-corrected chi connectivity index (χ1v) is 13.2. The van der Waals surface area contributed by atoms with Crippen molar-refractivity contribution >= 4 is 23.2 Å². The highest BCUT2D eigenvalue weighted by Gasteiger charge is 2.40. The Morgan fingerprint density at radius 3 is 2.30 bits per heavy atom. The molecule has 2 saturated heterocycles. The van der Waals surface area contributed by atoms with Gasteiger partial charge in [-0.3, -0.25) is 9.80 Å². The number of rotatable bonds is 7. The van der Waals surface area contributed by atoms with Crippen molar-refractivity contribution in [1.82, 2.24) is 9.80 Å². The number of guanidine groups is 1. The summed E-state index contributed by atoms with van der Waals surface area (Å²) in [4.78, 5) is 9.38. The molecule has 0 radical (unpaired) electrons. The third-order valence-corrected chi connectivity index (χ3v) is 7.15. The Hall–Kier alpha value is -3.78. The molecule has 1 unspecified atom stereocenters. The molecule has 1 atom stereocenters. The SMILES string of the molecule is [C-]#[N+]N=C1N(CCN2CCOCC2)CC(c2cccc(C(F)(F)F)c2)N1c1ccc(Oc2ccc(Cl)cc2)cc1. The van der Waals surface area contributed by atoms with E-state index in [4.69, 9.17) is 27.6 Å². The van der Waals surface area contributed by atoms with E-state index >= 15 is 0 Å². The fourth-order valence-corrected chi connectivity index (χ4v) is 5.01. The zero-order valence-corrected chi connectivity index (χ0v) is 22.3. The van der Waals surface area contributed by atoms with Crippen LogP contribution in [0.4, 0.5) is 18.9 Å². The maximum absolute atomic E-state index is 13.6. The second kappa shape index (κ2) is 12.2. The van der Waals surface area contributed by atoms with Crippen molar-refractivity contribution in [2.45, 2.75) is 12.2 Å². The Morgan fingerprint density at radius 1 is 0.975 bits per heavy atom. The average molecular weight is 570 g/mol. The lowest BCUT2D eigenvalue weighted by Crippen LogP contribution is -2.43.